The van der Waals surface area contributed by atoms with E-state index in [1.165, 1.54) is 6.08 Å². The number of benzene rings is 2. The van der Waals surface area contributed by atoms with E-state index in [2.05, 4.69) is 5.32 Å². The lowest BCUT2D eigenvalue weighted by molar-refractivity contribution is -0.384. The molecular weight excluding hydrogens is 337 g/mol. The van der Waals surface area contributed by atoms with Gasteiger partial charge in [0.05, 0.1) is 10.6 Å². The van der Waals surface area contributed by atoms with E-state index >= 15 is 0 Å². The number of nitriles is 1. The van der Waals surface area contributed by atoms with Crippen LogP contribution < -0.4 is 5.32 Å². The van der Waals surface area contributed by atoms with Crippen molar-refractivity contribution in [2.24, 2.45) is 0 Å². The number of nitrogens with one attached hydrogen (secondary N) is 1. The van der Waals surface area contributed by atoms with E-state index in [4.69, 9.17) is 16.9 Å². The minimum atomic E-state index is -0.906. The molecule has 1 N–H and O–H groups in total. The lowest BCUT2D eigenvalue weighted by atomic mass is 10.1. The molecule has 0 heterocycles. The van der Waals surface area contributed by atoms with Crippen LogP contribution in [0, 0.1) is 27.3 Å². The summed E-state index contributed by atoms with van der Waals surface area (Å²) < 4.78 is 13.7. The van der Waals surface area contributed by atoms with E-state index in [-0.39, 0.29) is 11.3 Å². The van der Waals surface area contributed by atoms with Crippen molar-refractivity contribution >= 4 is 35.0 Å². The summed E-state index contributed by atoms with van der Waals surface area (Å²) in [4.78, 5) is 22.1. The van der Waals surface area contributed by atoms with Gasteiger partial charge in [0.25, 0.3) is 11.6 Å². The first kappa shape index (κ1) is 17.1. The minimum absolute atomic E-state index is 0.325. The number of nitro groups is 1. The highest BCUT2D eigenvalue weighted by atomic mass is 35.5. The van der Waals surface area contributed by atoms with Crippen LogP contribution in [0.1, 0.15) is 5.56 Å². The molecule has 0 fully saturated rings. The van der Waals surface area contributed by atoms with Crippen molar-refractivity contribution in [1.82, 2.24) is 0 Å². The van der Waals surface area contributed by atoms with Gasteiger partial charge in [0.1, 0.15) is 17.5 Å². The van der Waals surface area contributed by atoms with Crippen LogP contribution in [0.25, 0.3) is 6.08 Å². The Bertz CT molecular complexity index is 890. The SMILES string of the molecule is N#C/C(=C\c1ccccc1Cl)C(=O)Nc1cc([N+](=O)[O-])ccc1F. The van der Waals surface area contributed by atoms with Gasteiger partial charge in [-0.1, -0.05) is 29.8 Å². The smallest absolute Gasteiger partial charge is 0.271 e. The van der Waals surface area contributed by atoms with Crippen molar-refractivity contribution in [2.45, 2.75) is 0 Å². The van der Waals surface area contributed by atoms with Gasteiger partial charge in [-0.2, -0.15) is 5.26 Å². The molecule has 0 aromatic heterocycles. The molecule has 24 heavy (non-hydrogen) atoms. The van der Waals surface area contributed by atoms with Crippen LogP contribution in [0.5, 0.6) is 0 Å². The molecule has 0 aliphatic heterocycles. The minimum Gasteiger partial charge on any atom is -0.319 e. The zero-order valence-electron chi connectivity index (χ0n) is 12.0. The van der Waals surface area contributed by atoms with E-state index < -0.39 is 22.3 Å². The molecule has 0 saturated heterocycles. The summed E-state index contributed by atoms with van der Waals surface area (Å²) in [6, 6.07) is 10.9. The van der Waals surface area contributed by atoms with Gasteiger partial charge in [-0.05, 0) is 23.8 Å². The zero-order chi connectivity index (χ0) is 17.7. The topological polar surface area (TPSA) is 96.0 Å². The third kappa shape index (κ3) is 3.94. The molecule has 2 rings (SSSR count). The van der Waals surface area contributed by atoms with Gasteiger partial charge in [0.2, 0.25) is 0 Å². The van der Waals surface area contributed by atoms with Gasteiger partial charge in [0, 0.05) is 17.2 Å². The fourth-order valence-corrected chi connectivity index (χ4v) is 2.00. The summed E-state index contributed by atoms with van der Waals surface area (Å²) in [6.45, 7) is 0. The third-order valence-electron chi connectivity index (χ3n) is 2.98. The predicted octanol–water partition coefficient (Wildman–Crippen LogP) is 3.93. The van der Waals surface area contributed by atoms with E-state index in [0.717, 1.165) is 18.2 Å². The summed E-state index contributed by atoms with van der Waals surface area (Å²) in [7, 11) is 0. The summed E-state index contributed by atoms with van der Waals surface area (Å²) in [5.41, 5.74) is -0.672. The summed E-state index contributed by atoms with van der Waals surface area (Å²) in [5.74, 6) is -1.76. The Balaban J connectivity index is 2.31. The van der Waals surface area contributed by atoms with Gasteiger partial charge in [-0.3, -0.25) is 14.9 Å². The summed E-state index contributed by atoms with van der Waals surface area (Å²) in [5, 5.41) is 22.3. The van der Waals surface area contributed by atoms with Gasteiger partial charge in [0.15, 0.2) is 0 Å². The van der Waals surface area contributed by atoms with Crippen LogP contribution in [0.3, 0.4) is 0 Å². The fraction of sp³-hybridized carbons (Fsp3) is 0. The number of rotatable bonds is 4. The molecule has 0 radical (unpaired) electrons. The van der Waals surface area contributed by atoms with Crippen LogP contribution in [0.4, 0.5) is 15.8 Å². The first-order valence-corrected chi connectivity index (χ1v) is 6.92. The Labute approximate surface area is 140 Å². The highest BCUT2D eigenvalue weighted by Crippen LogP contribution is 2.23. The van der Waals surface area contributed by atoms with E-state index in [0.29, 0.717) is 10.6 Å². The predicted molar refractivity (Wildman–Crippen MR) is 86.7 cm³/mol. The number of non-ortho nitro benzene ring substituents is 1. The molecule has 2 aromatic rings. The number of nitro benzene ring substituents is 1. The summed E-state index contributed by atoms with van der Waals surface area (Å²) in [6.07, 6.45) is 1.24. The maximum absolute atomic E-state index is 13.7. The van der Waals surface area contributed by atoms with Crippen molar-refractivity contribution in [3.05, 3.63) is 74.6 Å². The molecular formula is C16H9ClFN3O3. The number of carbonyl (C=O) groups excluding carboxylic acids is 1. The Morgan fingerprint density at radius 1 is 1.33 bits per heavy atom. The molecule has 8 heteroatoms. The standard InChI is InChI=1S/C16H9ClFN3O3/c17-13-4-2-1-3-10(13)7-11(9-19)16(22)20-15-8-12(21(23)24)5-6-14(15)18/h1-8H,(H,20,22)/b11-7+. The molecule has 0 atom stereocenters. The molecule has 0 aliphatic rings. The number of hydrogen-bond acceptors (Lipinski definition) is 4. The molecule has 0 spiro atoms. The zero-order valence-corrected chi connectivity index (χ0v) is 12.7. The van der Waals surface area contributed by atoms with Crippen molar-refractivity contribution in [1.29, 1.82) is 5.26 Å². The van der Waals surface area contributed by atoms with Crippen LogP contribution in [0.2, 0.25) is 5.02 Å². The molecule has 0 bridgehead atoms. The molecule has 0 saturated carbocycles. The molecule has 2 aromatic carbocycles. The number of hydrogen-bond donors (Lipinski definition) is 1. The number of amides is 1. The maximum Gasteiger partial charge on any atom is 0.271 e. The Morgan fingerprint density at radius 2 is 2.04 bits per heavy atom. The van der Waals surface area contributed by atoms with Crippen molar-refractivity contribution in [3.63, 3.8) is 0 Å². The Morgan fingerprint density at radius 3 is 2.67 bits per heavy atom. The number of anilines is 1. The number of carbonyl (C=O) groups is 1. The van der Waals surface area contributed by atoms with E-state index in [9.17, 15) is 19.3 Å². The fourth-order valence-electron chi connectivity index (χ4n) is 1.81. The largest absolute Gasteiger partial charge is 0.319 e. The van der Waals surface area contributed by atoms with Gasteiger partial charge in [-0.15, -0.1) is 0 Å². The monoisotopic (exact) mass is 345 g/mol. The molecule has 120 valence electrons. The average molecular weight is 346 g/mol. The third-order valence-corrected chi connectivity index (χ3v) is 3.32. The van der Waals surface area contributed by atoms with Gasteiger partial charge >= 0.3 is 0 Å². The molecule has 0 aliphatic carbocycles. The van der Waals surface area contributed by atoms with Crippen LogP contribution in [-0.2, 0) is 4.79 Å². The normalized spacial score (nSPS) is 10.8. The summed E-state index contributed by atoms with van der Waals surface area (Å²) >= 11 is 5.95. The van der Waals surface area contributed by atoms with Crippen LogP contribution >= 0.6 is 11.6 Å². The second kappa shape index (κ2) is 7.35. The van der Waals surface area contributed by atoms with Gasteiger partial charge in [-0.25, -0.2) is 4.39 Å². The van der Waals surface area contributed by atoms with Crippen LogP contribution in [-0.4, -0.2) is 10.8 Å². The lowest BCUT2D eigenvalue weighted by Crippen LogP contribution is -2.14. The average Bonchev–Trinajstić information content (AvgIpc) is 2.55. The Hall–Kier alpha value is -3.24. The first-order valence-electron chi connectivity index (χ1n) is 6.54. The van der Waals surface area contributed by atoms with Crippen LogP contribution in [0.15, 0.2) is 48.0 Å². The van der Waals surface area contributed by atoms with Gasteiger partial charge < -0.3 is 5.32 Å². The second-order valence-corrected chi connectivity index (χ2v) is 4.97. The number of halogens is 2. The number of nitrogens with zero attached hydrogens (tertiary/aromatic N) is 2. The lowest BCUT2D eigenvalue weighted by Gasteiger charge is -2.06. The highest BCUT2D eigenvalue weighted by Gasteiger charge is 2.16. The Kier molecular flexibility index (Phi) is 5.24. The molecule has 0 unspecified atom stereocenters. The quantitative estimate of drug-likeness (QED) is 0.393. The van der Waals surface area contributed by atoms with Crippen molar-refractivity contribution in [2.75, 3.05) is 5.32 Å². The van der Waals surface area contributed by atoms with Crippen molar-refractivity contribution < 1.29 is 14.1 Å². The van der Waals surface area contributed by atoms with E-state index in [1.807, 2.05) is 0 Å². The maximum atomic E-state index is 13.7. The molecule has 1 amide bonds. The molecule has 6 nitrogen and oxygen atoms in total. The first-order chi connectivity index (χ1) is 11.4. The van der Waals surface area contributed by atoms with Crippen molar-refractivity contribution in [3.8, 4) is 6.07 Å². The second-order valence-electron chi connectivity index (χ2n) is 4.57. The highest BCUT2D eigenvalue weighted by molar-refractivity contribution is 6.32. The van der Waals surface area contributed by atoms with E-state index in [1.54, 1.807) is 30.3 Å².